The zero-order valence-corrected chi connectivity index (χ0v) is 15.0. The zero-order valence-electron chi connectivity index (χ0n) is 15.0. The molecule has 0 radical (unpaired) electrons. The van der Waals surface area contributed by atoms with Gasteiger partial charge in [-0.15, -0.1) is 0 Å². The smallest absolute Gasteiger partial charge is 0.227 e. The molecular weight excluding hydrogens is 324 g/mol. The van der Waals surface area contributed by atoms with E-state index in [1.807, 2.05) is 36.4 Å². The Hall–Kier alpha value is -3.08. The highest BCUT2D eigenvalue weighted by Gasteiger charge is 2.21. The Balaban J connectivity index is 1.81. The van der Waals surface area contributed by atoms with E-state index in [1.54, 1.807) is 12.3 Å². The van der Waals surface area contributed by atoms with Crippen LogP contribution in [0.1, 0.15) is 24.9 Å². The fourth-order valence-electron chi connectivity index (χ4n) is 2.99. The van der Waals surface area contributed by atoms with Crippen molar-refractivity contribution < 1.29 is 4.74 Å². The molecule has 0 bridgehead atoms. The van der Waals surface area contributed by atoms with Crippen LogP contribution in [0.15, 0.2) is 72.9 Å². The third-order valence-electron chi connectivity index (χ3n) is 4.21. The molecule has 0 saturated carbocycles. The molecule has 0 unspecified atom stereocenters. The number of hydrogen-bond acceptors (Lipinski definition) is 5. The Morgan fingerprint density at radius 3 is 2.35 bits per heavy atom. The number of nitrogens with zero attached hydrogens (tertiary/aromatic N) is 3. The van der Waals surface area contributed by atoms with Crippen LogP contribution < -0.4 is 15.4 Å². The van der Waals surface area contributed by atoms with Crippen molar-refractivity contribution in [3.63, 3.8) is 0 Å². The summed E-state index contributed by atoms with van der Waals surface area (Å²) in [7, 11) is 0. The lowest BCUT2D eigenvalue weighted by atomic mass is 10.0. The lowest BCUT2D eigenvalue weighted by Gasteiger charge is -2.31. The Kier molecular flexibility index (Phi) is 6.04. The zero-order chi connectivity index (χ0) is 18.2. The molecule has 134 valence electrons. The molecule has 1 aromatic heterocycles. The molecule has 0 amide bonds. The molecule has 26 heavy (non-hydrogen) atoms. The third-order valence-corrected chi connectivity index (χ3v) is 4.21. The van der Waals surface area contributed by atoms with Crippen molar-refractivity contribution in [2.45, 2.75) is 19.4 Å². The fourth-order valence-corrected chi connectivity index (χ4v) is 2.99. The number of anilines is 2. The first-order chi connectivity index (χ1) is 12.8. The van der Waals surface area contributed by atoms with Crippen LogP contribution in [-0.4, -0.2) is 23.1 Å². The van der Waals surface area contributed by atoms with Crippen molar-refractivity contribution in [3.05, 3.63) is 78.5 Å². The number of nitrogen functional groups attached to an aromatic ring is 1. The van der Waals surface area contributed by atoms with E-state index in [9.17, 15) is 0 Å². The summed E-state index contributed by atoms with van der Waals surface area (Å²) >= 11 is 0. The highest BCUT2D eigenvalue weighted by molar-refractivity contribution is 5.41. The Morgan fingerprint density at radius 1 is 1.00 bits per heavy atom. The number of hydrogen-bond donors (Lipinski definition) is 1. The highest BCUT2D eigenvalue weighted by Crippen LogP contribution is 2.27. The second-order valence-corrected chi connectivity index (χ2v) is 5.97. The van der Waals surface area contributed by atoms with Gasteiger partial charge in [-0.25, -0.2) is 4.98 Å². The maximum Gasteiger partial charge on any atom is 0.227 e. The first kappa shape index (κ1) is 17.7. The van der Waals surface area contributed by atoms with Crippen molar-refractivity contribution in [1.29, 1.82) is 0 Å². The molecule has 3 aromatic rings. The van der Waals surface area contributed by atoms with Crippen LogP contribution in [0.4, 0.5) is 11.8 Å². The van der Waals surface area contributed by atoms with E-state index in [0.29, 0.717) is 24.9 Å². The average molecular weight is 348 g/mol. The normalized spacial score (nSPS) is 11.7. The highest BCUT2D eigenvalue weighted by atomic mass is 16.5. The first-order valence-electron chi connectivity index (χ1n) is 8.86. The van der Waals surface area contributed by atoms with Crippen LogP contribution in [0.3, 0.4) is 0 Å². The van der Waals surface area contributed by atoms with Crippen LogP contribution in [0.5, 0.6) is 5.75 Å². The molecule has 5 heteroatoms. The molecule has 3 rings (SSSR count). The molecule has 0 fully saturated rings. The Labute approximate surface area is 154 Å². The molecule has 0 aliphatic carbocycles. The first-order valence-corrected chi connectivity index (χ1v) is 8.86. The maximum absolute atomic E-state index is 5.89. The number of nitrogens with two attached hydrogens (primary N) is 1. The molecular formula is C21H24N4O. The van der Waals surface area contributed by atoms with Gasteiger partial charge in [-0.2, -0.15) is 4.98 Å². The largest absolute Gasteiger partial charge is 0.492 e. The van der Waals surface area contributed by atoms with Gasteiger partial charge < -0.3 is 15.4 Å². The van der Waals surface area contributed by atoms with E-state index in [1.165, 1.54) is 5.56 Å². The fraction of sp³-hybridized carbons (Fsp3) is 0.238. The minimum atomic E-state index is 0.150. The molecule has 0 aliphatic rings. The standard InChI is InChI=1S/C21H24N4O/c1-2-19(17-9-5-3-6-10-17)25(21-23-14-13-20(22)24-21)15-16-26-18-11-7-4-8-12-18/h3-14,19H,2,15-16H2,1H3,(H2,22,23,24)/t19-/m0/s1. The quantitative estimate of drug-likeness (QED) is 0.664. The van der Waals surface area contributed by atoms with Crippen molar-refractivity contribution in [1.82, 2.24) is 9.97 Å². The molecule has 0 saturated heterocycles. The van der Waals surface area contributed by atoms with Gasteiger partial charge in [-0.1, -0.05) is 55.5 Å². The summed E-state index contributed by atoms with van der Waals surface area (Å²) in [5.41, 5.74) is 7.11. The molecule has 0 spiro atoms. The van der Waals surface area contributed by atoms with Crippen LogP contribution >= 0.6 is 0 Å². The monoisotopic (exact) mass is 348 g/mol. The number of benzene rings is 2. The Morgan fingerprint density at radius 2 is 1.69 bits per heavy atom. The lowest BCUT2D eigenvalue weighted by molar-refractivity contribution is 0.317. The molecule has 2 aromatic carbocycles. The van der Waals surface area contributed by atoms with Gasteiger partial charge in [0.25, 0.3) is 0 Å². The van der Waals surface area contributed by atoms with Crippen molar-refractivity contribution in [2.24, 2.45) is 0 Å². The van der Waals surface area contributed by atoms with Gasteiger partial charge in [0.05, 0.1) is 12.6 Å². The number of rotatable bonds is 8. The minimum absolute atomic E-state index is 0.150. The second kappa shape index (κ2) is 8.85. The Bertz CT molecular complexity index is 795. The second-order valence-electron chi connectivity index (χ2n) is 5.97. The summed E-state index contributed by atoms with van der Waals surface area (Å²) in [5, 5.41) is 0. The van der Waals surface area contributed by atoms with Gasteiger partial charge in [0.1, 0.15) is 18.2 Å². The number of para-hydroxylation sites is 1. The molecule has 2 N–H and O–H groups in total. The summed E-state index contributed by atoms with van der Waals surface area (Å²) in [6.45, 7) is 3.35. The van der Waals surface area contributed by atoms with E-state index < -0.39 is 0 Å². The number of aromatic nitrogens is 2. The summed E-state index contributed by atoms with van der Waals surface area (Å²) in [6.07, 6.45) is 2.62. The van der Waals surface area contributed by atoms with Gasteiger partial charge in [-0.05, 0) is 30.2 Å². The molecule has 5 nitrogen and oxygen atoms in total. The lowest BCUT2D eigenvalue weighted by Crippen LogP contribution is -2.34. The summed E-state index contributed by atoms with van der Waals surface area (Å²) in [5.74, 6) is 1.94. The van der Waals surface area contributed by atoms with E-state index in [0.717, 1.165) is 12.2 Å². The predicted octanol–water partition coefficient (Wildman–Crippen LogP) is 4.10. The predicted molar refractivity (Wildman–Crippen MR) is 105 cm³/mol. The van der Waals surface area contributed by atoms with Gasteiger partial charge in [0, 0.05) is 6.20 Å². The van der Waals surface area contributed by atoms with Crippen LogP contribution in [0.25, 0.3) is 0 Å². The van der Waals surface area contributed by atoms with Crippen molar-refractivity contribution in [2.75, 3.05) is 23.8 Å². The van der Waals surface area contributed by atoms with Gasteiger partial charge >= 0.3 is 0 Å². The summed E-state index contributed by atoms with van der Waals surface area (Å²) in [4.78, 5) is 11.0. The molecule has 0 aliphatic heterocycles. The molecule has 1 atom stereocenters. The third kappa shape index (κ3) is 4.51. The summed E-state index contributed by atoms with van der Waals surface area (Å²) in [6, 6.07) is 22.1. The SMILES string of the molecule is CC[C@@H](c1ccccc1)N(CCOc1ccccc1)c1nccc(N)n1. The van der Waals surface area contributed by atoms with E-state index in [4.69, 9.17) is 10.5 Å². The molecule has 1 heterocycles. The van der Waals surface area contributed by atoms with Gasteiger partial charge in [-0.3, -0.25) is 0 Å². The van der Waals surface area contributed by atoms with E-state index in [2.05, 4.69) is 46.1 Å². The topological polar surface area (TPSA) is 64.3 Å². The average Bonchev–Trinajstić information content (AvgIpc) is 2.69. The minimum Gasteiger partial charge on any atom is -0.492 e. The van der Waals surface area contributed by atoms with Crippen molar-refractivity contribution >= 4 is 11.8 Å². The van der Waals surface area contributed by atoms with Crippen LogP contribution in [0.2, 0.25) is 0 Å². The maximum atomic E-state index is 5.89. The van der Waals surface area contributed by atoms with E-state index >= 15 is 0 Å². The van der Waals surface area contributed by atoms with Crippen LogP contribution in [0, 0.1) is 0 Å². The summed E-state index contributed by atoms with van der Waals surface area (Å²) < 4.78 is 5.89. The number of ether oxygens (including phenoxy) is 1. The van der Waals surface area contributed by atoms with Gasteiger partial charge in [0.15, 0.2) is 0 Å². The van der Waals surface area contributed by atoms with E-state index in [-0.39, 0.29) is 6.04 Å². The van der Waals surface area contributed by atoms with Crippen LogP contribution in [-0.2, 0) is 0 Å². The van der Waals surface area contributed by atoms with Crippen molar-refractivity contribution in [3.8, 4) is 5.75 Å². The van der Waals surface area contributed by atoms with Gasteiger partial charge in [0.2, 0.25) is 5.95 Å².